The first-order valence-corrected chi connectivity index (χ1v) is 8.54. The lowest BCUT2D eigenvalue weighted by Crippen LogP contribution is -2.30. The molecule has 3 aromatic carbocycles. The quantitative estimate of drug-likeness (QED) is 0.706. The molecule has 0 fully saturated rings. The maximum absolute atomic E-state index is 12.9. The number of carbonyl (C=O) groups is 1. The minimum absolute atomic E-state index is 0.0483. The van der Waals surface area contributed by atoms with Gasteiger partial charge in [-0.2, -0.15) is 0 Å². The molecule has 2 nitrogen and oxygen atoms in total. The van der Waals surface area contributed by atoms with Crippen molar-refractivity contribution < 1.29 is 4.79 Å². The molecule has 0 bridgehead atoms. The van der Waals surface area contributed by atoms with Crippen molar-refractivity contribution in [2.45, 2.75) is 26.8 Å². The largest absolute Gasteiger partial charge is 0.341 e. The van der Waals surface area contributed by atoms with Crippen molar-refractivity contribution in [1.82, 2.24) is 5.32 Å². The van der Waals surface area contributed by atoms with Crippen LogP contribution in [0.25, 0.3) is 0 Å². The molecule has 0 saturated heterocycles. The van der Waals surface area contributed by atoms with Crippen LogP contribution in [-0.4, -0.2) is 5.91 Å². The third kappa shape index (κ3) is 3.97. The van der Waals surface area contributed by atoms with E-state index in [0.717, 1.165) is 27.8 Å². The predicted octanol–water partition coefficient (Wildman–Crippen LogP) is 5.13. The summed E-state index contributed by atoms with van der Waals surface area (Å²) in [5, 5.41) is 3.21. The monoisotopic (exact) mass is 329 g/mol. The third-order valence-corrected chi connectivity index (χ3v) is 4.41. The van der Waals surface area contributed by atoms with Crippen molar-refractivity contribution in [3.63, 3.8) is 0 Å². The Morgan fingerprint density at radius 3 is 2.12 bits per heavy atom. The van der Waals surface area contributed by atoms with Gasteiger partial charge in [0, 0.05) is 5.56 Å². The van der Waals surface area contributed by atoms with Gasteiger partial charge in [0.25, 0.3) is 5.91 Å². The first-order chi connectivity index (χ1) is 12.0. The number of aryl methyl sites for hydroxylation is 3. The van der Waals surface area contributed by atoms with Crippen LogP contribution in [0.1, 0.15) is 44.2 Å². The van der Waals surface area contributed by atoms with Gasteiger partial charge in [-0.25, -0.2) is 0 Å². The number of hydrogen-bond acceptors (Lipinski definition) is 1. The topological polar surface area (TPSA) is 29.1 Å². The normalized spacial score (nSPS) is 11.8. The fourth-order valence-corrected chi connectivity index (χ4v) is 3.13. The van der Waals surface area contributed by atoms with Crippen molar-refractivity contribution >= 4 is 5.91 Å². The molecule has 126 valence electrons. The van der Waals surface area contributed by atoms with Crippen LogP contribution in [0.15, 0.2) is 72.8 Å². The number of hydrogen-bond donors (Lipinski definition) is 1. The van der Waals surface area contributed by atoms with Gasteiger partial charge in [-0.3, -0.25) is 4.79 Å². The summed E-state index contributed by atoms with van der Waals surface area (Å²) in [6.07, 6.45) is 0. The second-order valence-corrected chi connectivity index (χ2v) is 6.55. The van der Waals surface area contributed by atoms with Crippen LogP contribution >= 0.6 is 0 Å². The minimum Gasteiger partial charge on any atom is -0.341 e. The molecule has 1 amide bonds. The van der Waals surface area contributed by atoms with E-state index < -0.39 is 0 Å². The van der Waals surface area contributed by atoms with Crippen molar-refractivity contribution in [3.8, 4) is 0 Å². The molecule has 3 aromatic rings. The lowest BCUT2D eigenvalue weighted by molar-refractivity contribution is 0.0942. The highest BCUT2D eigenvalue weighted by Crippen LogP contribution is 2.24. The van der Waals surface area contributed by atoms with E-state index in [4.69, 9.17) is 0 Å². The number of carbonyl (C=O) groups excluding carboxylic acids is 1. The molecule has 0 saturated carbocycles. The Morgan fingerprint density at radius 1 is 0.760 bits per heavy atom. The predicted molar refractivity (Wildman–Crippen MR) is 103 cm³/mol. The zero-order valence-corrected chi connectivity index (χ0v) is 14.9. The molecular weight excluding hydrogens is 306 g/mol. The summed E-state index contributed by atoms with van der Waals surface area (Å²) in [4.78, 5) is 12.9. The molecule has 0 aliphatic rings. The lowest BCUT2D eigenvalue weighted by Gasteiger charge is -2.21. The Morgan fingerprint density at radius 2 is 1.44 bits per heavy atom. The van der Waals surface area contributed by atoms with Crippen LogP contribution in [0, 0.1) is 20.8 Å². The number of nitrogens with one attached hydrogen (secondary N) is 1. The molecule has 0 radical (unpaired) electrons. The molecule has 0 heterocycles. The molecule has 25 heavy (non-hydrogen) atoms. The zero-order valence-electron chi connectivity index (χ0n) is 14.9. The van der Waals surface area contributed by atoms with Crippen molar-refractivity contribution in [3.05, 3.63) is 106 Å². The highest BCUT2D eigenvalue weighted by atomic mass is 16.1. The van der Waals surface area contributed by atoms with E-state index in [1.165, 1.54) is 5.56 Å². The van der Waals surface area contributed by atoms with E-state index in [2.05, 4.69) is 42.6 Å². The van der Waals surface area contributed by atoms with Crippen LogP contribution < -0.4 is 5.32 Å². The van der Waals surface area contributed by atoms with Gasteiger partial charge in [0.1, 0.15) is 0 Å². The van der Waals surface area contributed by atoms with Gasteiger partial charge in [0.05, 0.1) is 6.04 Å². The molecule has 1 atom stereocenters. The van der Waals surface area contributed by atoms with Gasteiger partial charge in [-0.05, 0) is 43.5 Å². The lowest BCUT2D eigenvalue weighted by atomic mass is 9.96. The molecule has 0 aromatic heterocycles. The van der Waals surface area contributed by atoms with Gasteiger partial charge in [-0.15, -0.1) is 0 Å². The molecule has 0 spiro atoms. The van der Waals surface area contributed by atoms with Crippen LogP contribution in [-0.2, 0) is 0 Å². The van der Waals surface area contributed by atoms with Gasteiger partial charge in [0.15, 0.2) is 0 Å². The molecule has 0 aliphatic carbocycles. The first-order valence-electron chi connectivity index (χ1n) is 8.54. The second-order valence-electron chi connectivity index (χ2n) is 6.55. The first kappa shape index (κ1) is 17.0. The summed E-state index contributed by atoms with van der Waals surface area (Å²) < 4.78 is 0. The molecular formula is C23H23NO. The standard InChI is InChI=1S/C23H23NO/c1-16-8-7-11-20(15-16)22(19-9-5-4-6-10-19)24-23(25)21-13-12-17(2)14-18(21)3/h4-15,22H,1-3H3,(H,24,25)/t22-/m0/s1. The van der Waals surface area contributed by atoms with Crippen molar-refractivity contribution in [1.29, 1.82) is 0 Å². The van der Waals surface area contributed by atoms with Crippen LogP contribution in [0.4, 0.5) is 0 Å². The molecule has 0 aliphatic heterocycles. The summed E-state index contributed by atoms with van der Waals surface area (Å²) in [6.45, 7) is 6.08. The van der Waals surface area contributed by atoms with E-state index in [-0.39, 0.29) is 11.9 Å². The van der Waals surface area contributed by atoms with E-state index >= 15 is 0 Å². The fourth-order valence-electron chi connectivity index (χ4n) is 3.13. The van der Waals surface area contributed by atoms with Gasteiger partial charge < -0.3 is 5.32 Å². The Kier molecular flexibility index (Phi) is 4.99. The molecule has 3 rings (SSSR count). The number of benzene rings is 3. The van der Waals surface area contributed by atoms with Crippen molar-refractivity contribution in [2.24, 2.45) is 0 Å². The summed E-state index contributed by atoms with van der Waals surface area (Å²) in [7, 11) is 0. The van der Waals surface area contributed by atoms with E-state index in [1.54, 1.807) is 0 Å². The van der Waals surface area contributed by atoms with Gasteiger partial charge in [0.2, 0.25) is 0 Å². The Balaban J connectivity index is 1.96. The van der Waals surface area contributed by atoms with E-state index in [1.807, 2.05) is 56.3 Å². The summed E-state index contributed by atoms with van der Waals surface area (Å²) in [5.41, 5.74) is 6.22. The Bertz CT molecular complexity index is 884. The SMILES string of the molecule is Cc1cccc([C@@H](NC(=O)c2ccc(C)cc2C)c2ccccc2)c1. The summed E-state index contributed by atoms with van der Waals surface area (Å²) in [6, 6.07) is 24.1. The summed E-state index contributed by atoms with van der Waals surface area (Å²) >= 11 is 0. The molecule has 1 N–H and O–H groups in total. The molecule has 2 heteroatoms. The number of rotatable bonds is 4. The summed E-state index contributed by atoms with van der Waals surface area (Å²) in [5.74, 6) is -0.0483. The minimum atomic E-state index is -0.172. The zero-order chi connectivity index (χ0) is 17.8. The fraction of sp³-hybridized carbons (Fsp3) is 0.174. The van der Waals surface area contributed by atoms with Gasteiger partial charge in [-0.1, -0.05) is 77.9 Å². The van der Waals surface area contributed by atoms with E-state index in [9.17, 15) is 4.79 Å². The maximum atomic E-state index is 12.9. The van der Waals surface area contributed by atoms with Crippen LogP contribution in [0.5, 0.6) is 0 Å². The van der Waals surface area contributed by atoms with Crippen LogP contribution in [0.3, 0.4) is 0 Å². The van der Waals surface area contributed by atoms with Gasteiger partial charge >= 0.3 is 0 Å². The highest BCUT2D eigenvalue weighted by molar-refractivity contribution is 5.96. The van der Waals surface area contributed by atoms with Crippen LogP contribution in [0.2, 0.25) is 0 Å². The number of amides is 1. The average molecular weight is 329 g/mol. The molecule has 0 unspecified atom stereocenters. The third-order valence-electron chi connectivity index (χ3n) is 4.41. The smallest absolute Gasteiger partial charge is 0.252 e. The highest BCUT2D eigenvalue weighted by Gasteiger charge is 2.18. The second kappa shape index (κ2) is 7.35. The Hall–Kier alpha value is -2.87. The maximum Gasteiger partial charge on any atom is 0.252 e. The van der Waals surface area contributed by atoms with E-state index in [0.29, 0.717) is 0 Å². The van der Waals surface area contributed by atoms with Crippen molar-refractivity contribution in [2.75, 3.05) is 0 Å². The average Bonchev–Trinajstić information content (AvgIpc) is 2.60. The Labute approximate surface area is 149 Å².